The highest BCUT2D eigenvalue weighted by atomic mass is 35.5. The van der Waals surface area contributed by atoms with Crippen molar-refractivity contribution in [2.45, 2.75) is 13.0 Å². The molecule has 1 aromatic carbocycles. The number of amides is 2. The Morgan fingerprint density at radius 3 is 2.87 bits per heavy atom. The average Bonchev–Trinajstić information content (AvgIpc) is 3.17. The maximum Gasteiger partial charge on any atom is 0.239 e. The van der Waals surface area contributed by atoms with Gasteiger partial charge >= 0.3 is 0 Å². The van der Waals surface area contributed by atoms with Crippen LogP contribution in [0.2, 0.25) is 0 Å². The lowest BCUT2D eigenvalue weighted by molar-refractivity contribution is -0.121. The zero-order chi connectivity index (χ0) is 15.5. The highest BCUT2D eigenvalue weighted by Gasteiger charge is 2.22. The van der Waals surface area contributed by atoms with Crippen LogP contribution in [0.3, 0.4) is 0 Å². The van der Waals surface area contributed by atoms with E-state index >= 15 is 0 Å². The number of nitrogens with zero attached hydrogens (tertiary/aromatic N) is 1. The largest absolute Gasteiger partial charge is 0.358 e. The van der Waals surface area contributed by atoms with Crippen molar-refractivity contribution < 1.29 is 9.59 Å². The molecule has 1 aromatic heterocycles. The van der Waals surface area contributed by atoms with Gasteiger partial charge in [-0.15, -0.1) is 12.4 Å². The van der Waals surface area contributed by atoms with Gasteiger partial charge in [0.2, 0.25) is 11.8 Å². The minimum atomic E-state index is -0.0519. The van der Waals surface area contributed by atoms with Crippen molar-refractivity contribution in [2.24, 2.45) is 5.92 Å². The lowest BCUT2D eigenvalue weighted by Gasteiger charge is -2.11. The van der Waals surface area contributed by atoms with Crippen LogP contribution in [0.5, 0.6) is 0 Å². The highest BCUT2D eigenvalue weighted by molar-refractivity contribution is 5.95. The molecule has 7 heteroatoms. The van der Waals surface area contributed by atoms with Gasteiger partial charge in [0.05, 0.1) is 11.4 Å². The van der Waals surface area contributed by atoms with Gasteiger partial charge in [0.25, 0.3) is 0 Å². The Kier molecular flexibility index (Phi) is 5.63. The third-order valence-corrected chi connectivity index (χ3v) is 4.07. The molecule has 0 spiro atoms. The summed E-state index contributed by atoms with van der Waals surface area (Å²) in [5.74, 6) is 0.0334. The number of hydrogen-bond donors (Lipinski definition) is 3. The van der Waals surface area contributed by atoms with E-state index in [1.807, 2.05) is 35.0 Å². The molecule has 1 unspecified atom stereocenters. The predicted octanol–water partition coefficient (Wildman–Crippen LogP) is 1.36. The molecular weight excluding hydrogens is 316 g/mol. The summed E-state index contributed by atoms with van der Waals surface area (Å²) in [4.78, 5) is 23.7. The molecule has 3 rings (SSSR count). The first-order chi connectivity index (χ1) is 10.7. The van der Waals surface area contributed by atoms with Crippen LogP contribution >= 0.6 is 12.4 Å². The van der Waals surface area contributed by atoms with Crippen LogP contribution < -0.4 is 16.0 Å². The molecule has 2 amide bonds. The lowest BCUT2D eigenvalue weighted by atomic mass is 10.1. The summed E-state index contributed by atoms with van der Waals surface area (Å²) >= 11 is 0. The number of rotatable bonds is 4. The molecule has 1 aliphatic rings. The zero-order valence-electron chi connectivity index (χ0n) is 13.0. The van der Waals surface area contributed by atoms with Gasteiger partial charge in [-0.25, -0.2) is 0 Å². The first kappa shape index (κ1) is 17.3. The van der Waals surface area contributed by atoms with Gasteiger partial charge in [0.1, 0.15) is 6.54 Å². The smallest absolute Gasteiger partial charge is 0.239 e. The molecule has 2 aromatic rings. The van der Waals surface area contributed by atoms with Crippen molar-refractivity contribution in [3.05, 3.63) is 30.5 Å². The lowest BCUT2D eigenvalue weighted by Crippen LogP contribution is -2.24. The second-order valence-corrected chi connectivity index (χ2v) is 5.57. The number of hydrogen-bond acceptors (Lipinski definition) is 3. The number of nitrogens with one attached hydrogen (secondary N) is 3. The minimum absolute atomic E-state index is 0. The SMILES string of the molecule is CNC(=O)Cn1ccc2ccc(NC(=O)C3CCNC3)cc21.Cl. The number of benzene rings is 1. The van der Waals surface area contributed by atoms with E-state index in [1.54, 1.807) is 7.05 Å². The number of likely N-dealkylation sites (N-methyl/N-ethyl adjacent to an activating group) is 1. The van der Waals surface area contributed by atoms with Crippen molar-refractivity contribution in [3.63, 3.8) is 0 Å². The van der Waals surface area contributed by atoms with Gasteiger partial charge < -0.3 is 20.5 Å². The van der Waals surface area contributed by atoms with E-state index in [2.05, 4.69) is 16.0 Å². The Bertz CT molecular complexity index is 707. The summed E-state index contributed by atoms with van der Waals surface area (Å²) < 4.78 is 1.88. The third-order valence-electron chi connectivity index (χ3n) is 4.07. The Hall–Kier alpha value is -2.05. The molecule has 1 atom stereocenters. The molecule has 1 saturated heterocycles. The van der Waals surface area contributed by atoms with Crippen LogP contribution in [-0.4, -0.2) is 36.5 Å². The van der Waals surface area contributed by atoms with Crippen molar-refractivity contribution in [1.29, 1.82) is 0 Å². The van der Waals surface area contributed by atoms with Crippen LogP contribution in [0.1, 0.15) is 6.42 Å². The predicted molar refractivity (Wildman–Crippen MR) is 92.9 cm³/mol. The van der Waals surface area contributed by atoms with Crippen LogP contribution in [0.25, 0.3) is 10.9 Å². The molecule has 0 bridgehead atoms. The monoisotopic (exact) mass is 336 g/mol. The van der Waals surface area contributed by atoms with Crippen LogP contribution in [0, 0.1) is 5.92 Å². The van der Waals surface area contributed by atoms with Gasteiger partial charge in [-0.3, -0.25) is 9.59 Å². The fourth-order valence-electron chi connectivity index (χ4n) is 2.76. The topological polar surface area (TPSA) is 75.2 Å². The maximum atomic E-state index is 12.2. The first-order valence-corrected chi connectivity index (χ1v) is 7.48. The Balaban J connectivity index is 0.00000192. The van der Waals surface area contributed by atoms with Crippen molar-refractivity contribution in [1.82, 2.24) is 15.2 Å². The van der Waals surface area contributed by atoms with Crippen LogP contribution in [-0.2, 0) is 16.1 Å². The van der Waals surface area contributed by atoms with E-state index in [0.29, 0.717) is 0 Å². The van der Waals surface area contributed by atoms with Gasteiger partial charge in [0, 0.05) is 25.5 Å². The van der Waals surface area contributed by atoms with Crippen LogP contribution in [0.15, 0.2) is 30.5 Å². The van der Waals surface area contributed by atoms with E-state index in [0.717, 1.165) is 36.1 Å². The molecule has 124 valence electrons. The van der Waals surface area contributed by atoms with Gasteiger partial charge in [-0.1, -0.05) is 6.07 Å². The number of anilines is 1. The zero-order valence-corrected chi connectivity index (χ0v) is 13.8. The Morgan fingerprint density at radius 2 is 2.17 bits per heavy atom. The summed E-state index contributed by atoms with van der Waals surface area (Å²) in [5, 5.41) is 9.82. The molecule has 1 aliphatic heterocycles. The molecule has 3 N–H and O–H groups in total. The van der Waals surface area contributed by atoms with Crippen molar-refractivity contribution in [3.8, 4) is 0 Å². The number of fused-ring (bicyclic) bond motifs is 1. The van der Waals surface area contributed by atoms with E-state index in [9.17, 15) is 9.59 Å². The Morgan fingerprint density at radius 1 is 1.35 bits per heavy atom. The molecule has 1 fully saturated rings. The molecule has 0 aliphatic carbocycles. The summed E-state index contributed by atoms with van der Waals surface area (Å²) in [5.41, 5.74) is 1.70. The molecule has 6 nitrogen and oxygen atoms in total. The highest BCUT2D eigenvalue weighted by Crippen LogP contribution is 2.21. The van der Waals surface area contributed by atoms with Gasteiger partial charge in [-0.2, -0.15) is 0 Å². The van der Waals surface area contributed by atoms with E-state index in [1.165, 1.54) is 0 Å². The minimum Gasteiger partial charge on any atom is -0.358 e. The first-order valence-electron chi connectivity index (χ1n) is 7.48. The van der Waals surface area contributed by atoms with Gasteiger partial charge in [0.15, 0.2) is 0 Å². The third kappa shape index (κ3) is 3.83. The molecule has 0 saturated carbocycles. The molecule has 0 radical (unpaired) electrons. The number of carbonyl (C=O) groups is 2. The molecule has 2 heterocycles. The summed E-state index contributed by atoms with van der Waals surface area (Å²) in [6.07, 6.45) is 2.76. The average molecular weight is 337 g/mol. The van der Waals surface area contributed by atoms with Crippen molar-refractivity contribution in [2.75, 3.05) is 25.5 Å². The fourth-order valence-corrected chi connectivity index (χ4v) is 2.76. The quantitative estimate of drug-likeness (QED) is 0.789. The number of halogens is 1. The standard InChI is InChI=1S/C16H20N4O2.ClH/c1-17-15(21)10-20-7-5-11-2-3-13(8-14(11)20)19-16(22)12-4-6-18-9-12;/h2-3,5,7-8,12,18H,4,6,9-10H2,1H3,(H,17,21)(H,19,22);1H. The summed E-state index contributed by atoms with van der Waals surface area (Å²) in [6.45, 7) is 1.90. The number of aromatic nitrogens is 1. The van der Waals surface area contributed by atoms with E-state index in [-0.39, 0.29) is 36.7 Å². The second kappa shape index (κ2) is 7.48. The van der Waals surface area contributed by atoms with Gasteiger partial charge in [-0.05, 0) is 36.6 Å². The maximum absolute atomic E-state index is 12.2. The summed E-state index contributed by atoms with van der Waals surface area (Å²) in [7, 11) is 1.62. The summed E-state index contributed by atoms with van der Waals surface area (Å²) in [6, 6.07) is 7.73. The second-order valence-electron chi connectivity index (χ2n) is 5.57. The molecule has 23 heavy (non-hydrogen) atoms. The van der Waals surface area contributed by atoms with E-state index in [4.69, 9.17) is 0 Å². The Labute approximate surface area is 141 Å². The number of carbonyl (C=O) groups excluding carboxylic acids is 2. The molecular formula is C16H21ClN4O2. The van der Waals surface area contributed by atoms with Crippen LogP contribution in [0.4, 0.5) is 5.69 Å². The fraction of sp³-hybridized carbons (Fsp3) is 0.375. The normalized spacial score (nSPS) is 16.8. The van der Waals surface area contributed by atoms with E-state index < -0.39 is 0 Å². The van der Waals surface area contributed by atoms with Crippen molar-refractivity contribution >= 4 is 40.8 Å².